The van der Waals surface area contributed by atoms with Crippen molar-refractivity contribution in [3.05, 3.63) is 0 Å². The van der Waals surface area contributed by atoms with Gasteiger partial charge in [0.15, 0.2) is 0 Å². The number of rotatable bonds is 11. The zero-order valence-electron chi connectivity index (χ0n) is 31.9. The smallest absolute Gasteiger partial charge is 0.315 e. The number of primary amides is 1. The minimum atomic E-state index is -1.09. The summed E-state index contributed by atoms with van der Waals surface area (Å²) in [4.78, 5) is 96.3. The maximum Gasteiger partial charge on any atom is 0.315 e. The summed E-state index contributed by atoms with van der Waals surface area (Å²) >= 11 is 0. The molecule has 2 heterocycles. The number of nitrogens with two attached hydrogens (primary N) is 1. The van der Waals surface area contributed by atoms with E-state index < -0.39 is 69.9 Å². The first kappa shape index (κ1) is 38.7. The number of imide groups is 1. The van der Waals surface area contributed by atoms with Crippen LogP contribution in [0.2, 0.25) is 0 Å². The molecule has 13 heteroatoms. The highest BCUT2D eigenvalue weighted by molar-refractivity contribution is 6.37. The van der Waals surface area contributed by atoms with Gasteiger partial charge in [0, 0.05) is 25.9 Å². The summed E-state index contributed by atoms with van der Waals surface area (Å²) in [7, 11) is 0. The maximum absolute atomic E-state index is 14.7. The number of urea groups is 1. The van der Waals surface area contributed by atoms with Gasteiger partial charge in [0.05, 0.1) is 12.1 Å². The molecule has 0 aromatic heterocycles. The van der Waals surface area contributed by atoms with Gasteiger partial charge < -0.3 is 26.6 Å². The Morgan fingerprint density at radius 2 is 1.47 bits per heavy atom. The normalized spacial score (nSPS) is 27.3. The summed E-state index contributed by atoms with van der Waals surface area (Å²) in [5.41, 5.74) is 3.76. The van der Waals surface area contributed by atoms with Crippen LogP contribution in [0.3, 0.4) is 0 Å². The molecular weight excluding hydrogens is 652 g/mol. The third kappa shape index (κ3) is 8.27. The molecule has 7 amide bonds. The third-order valence-electron chi connectivity index (χ3n) is 12.5. The number of carbonyl (C=O) groups is 7. The lowest BCUT2D eigenvalue weighted by Crippen LogP contribution is -2.63. The predicted octanol–water partition coefficient (Wildman–Crippen LogP) is 3.04. The van der Waals surface area contributed by atoms with Crippen molar-refractivity contribution >= 4 is 41.4 Å². The zero-order chi connectivity index (χ0) is 37.8. The van der Waals surface area contributed by atoms with Crippen LogP contribution in [0.25, 0.3) is 0 Å². The molecular formula is C38H60N6O7. The lowest BCUT2D eigenvalue weighted by Gasteiger charge is -2.40. The van der Waals surface area contributed by atoms with Gasteiger partial charge >= 0.3 is 6.03 Å². The van der Waals surface area contributed by atoms with E-state index in [0.717, 1.165) is 44.9 Å². The first-order chi connectivity index (χ1) is 23.5. The lowest BCUT2D eigenvalue weighted by atomic mass is 9.80. The Labute approximate surface area is 302 Å². The highest BCUT2D eigenvalue weighted by Crippen LogP contribution is 2.66. The number of fused-ring (bicyclic) bond motifs is 2. The molecule has 2 aliphatic heterocycles. The quantitative estimate of drug-likeness (QED) is 0.187. The second-order valence-corrected chi connectivity index (χ2v) is 19.2. The molecule has 0 radical (unpaired) electrons. The van der Waals surface area contributed by atoms with Gasteiger partial charge in [0.1, 0.15) is 12.1 Å². The van der Waals surface area contributed by atoms with E-state index in [2.05, 4.69) is 16.0 Å². The average Bonchev–Trinajstić information content (AvgIpc) is 3.54. The number of hydrogen-bond acceptors (Lipinski definition) is 7. The van der Waals surface area contributed by atoms with E-state index in [4.69, 9.17) is 5.73 Å². The molecule has 0 bridgehead atoms. The van der Waals surface area contributed by atoms with Crippen LogP contribution in [0, 0.1) is 39.4 Å². The number of Topliss-reactive ketones (excluding diaryl/α,β-unsaturated/α-hetero) is 1. The Balaban J connectivity index is 1.35. The molecule has 3 saturated carbocycles. The van der Waals surface area contributed by atoms with Crippen molar-refractivity contribution in [3.63, 3.8) is 0 Å². The second kappa shape index (κ2) is 13.8. The predicted molar refractivity (Wildman–Crippen MR) is 189 cm³/mol. The van der Waals surface area contributed by atoms with Crippen LogP contribution in [0.1, 0.15) is 120 Å². The van der Waals surface area contributed by atoms with Crippen LogP contribution in [0.15, 0.2) is 0 Å². The molecule has 5 aliphatic rings. The van der Waals surface area contributed by atoms with Crippen LogP contribution < -0.4 is 21.7 Å². The van der Waals surface area contributed by atoms with Crippen molar-refractivity contribution in [2.45, 2.75) is 144 Å². The fraction of sp³-hybridized carbons (Fsp3) is 0.816. The van der Waals surface area contributed by atoms with Crippen molar-refractivity contribution in [3.8, 4) is 0 Å². The number of ketones is 1. The number of likely N-dealkylation sites (tertiary alicyclic amines) is 2. The Morgan fingerprint density at radius 3 is 1.96 bits per heavy atom. The SMILES string of the molecule is CC1(C)CC(=O)N(C[C@@H](NC(=O)N[C@H](C(=O)N2C[C@H]3[C@H](CCC34CC4)[C@H]2C(=O)NC(CC2CCC2)C(=O)C(N)=O)C(C)(C)C)C(C)(C)C)C(=O)C1. The zero-order valence-corrected chi connectivity index (χ0v) is 31.9. The van der Waals surface area contributed by atoms with Crippen LogP contribution in [0.5, 0.6) is 0 Å². The van der Waals surface area contributed by atoms with Gasteiger partial charge in [-0.25, -0.2) is 4.79 Å². The third-order valence-corrected chi connectivity index (χ3v) is 12.5. The van der Waals surface area contributed by atoms with Gasteiger partial charge in [0.2, 0.25) is 29.4 Å². The Kier molecular flexibility index (Phi) is 10.5. The molecule has 6 atom stereocenters. The van der Waals surface area contributed by atoms with E-state index in [1.54, 1.807) is 4.90 Å². The van der Waals surface area contributed by atoms with Crippen molar-refractivity contribution in [1.29, 1.82) is 0 Å². The average molecular weight is 713 g/mol. The Hall–Kier alpha value is -3.51. The van der Waals surface area contributed by atoms with Gasteiger partial charge in [-0.2, -0.15) is 0 Å². The second-order valence-electron chi connectivity index (χ2n) is 19.2. The number of carbonyl (C=O) groups excluding carboxylic acids is 7. The summed E-state index contributed by atoms with van der Waals surface area (Å²) in [6, 6.07) is -4.16. The summed E-state index contributed by atoms with van der Waals surface area (Å²) < 4.78 is 0. The molecule has 2 saturated heterocycles. The molecule has 13 nitrogen and oxygen atoms in total. The number of piperidine rings is 1. The molecule has 3 aliphatic carbocycles. The van der Waals surface area contributed by atoms with E-state index in [1.165, 1.54) is 4.90 Å². The fourth-order valence-electron chi connectivity index (χ4n) is 8.90. The van der Waals surface area contributed by atoms with Crippen molar-refractivity contribution < 1.29 is 33.6 Å². The molecule has 0 aromatic carbocycles. The largest absolute Gasteiger partial charge is 0.363 e. The van der Waals surface area contributed by atoms with Crippen LogP contribution in [0.4, 0.5) is 4.79 Å². The summed E-state index contributed by atoms with van der Waals surface area (Å²) in [6.07, 6.45) is 7.51. The minimum Gasteiger partial charge on any atom is -0.363 e. The van der Waals surface area contributed by atoms with Crippen molar-refractivity contribution in [2.24, 2.45) is 45.1 Å². The van der Waals surface area contributed by atoms with Crippen LogP contribution in [-0.2, 0) is 28.8 Å². The van der Waals surface area contributed by atoms with Crippen molar-refractivity contribution in [1.82, 2.24) is 25.8 Å². The van der Waals surface area contributed by atoms with E-state index in [0.29, 0.717) is 13.0 Å². The molecule has 284 valence electrons. The Morgan fingerprint density at radius 1 is 0.863 bits per heavy atom. The molecule has 1 spiro atoms. The number of hydrogen-bond donors (Lipinski definition) is 4. The van der Waals surface area contributed by atoms with Gasteiger partial charge in [0.25, 0.3) is 5.91 Å². The highest BCUT2D eigenvalue weighted by atomic mass is 16.2. The summed E-state index contributed by atoms with van der Waals surface area (Å²) in [6.45, 7) is 15.4. The number of amides is 7. The van der Waals surface area contributed by atoms with Crippen molar-refractivity contribution in [2.75, 3.05) is 13.1 Å². The monoisotopic (exact) mass is 712 g/mol. The van der Waals surface area contributed by atoms with E-state index in [9.17, 15) is 33.6 Å². The molecule has 0 aromatic rings. The van der Waals surface area contributed by atoms with Gasteiger partial charge in [-0.05, 0) is 71.5 Å². The minimum absolute atomic E-state index is 0.00462. The van der Waals surface area contributed by atoms with E-state index in [-0.39, 0.29) is 54.4 Å². The molecule has 5 fully saturated rings. The van der Waals surface area contributed by atoms with Crippen LogP contribution in [-0.4, -0.2) is 88.4 Å². The van der Waals surface area contributed by atoms with Gasteiger partial charge in [-0.1, -0.05) is 74.7 Å². The molecule has 51 heavy (non-hydrogen) atoms. The summed E-state index contributed by atoms with van der Waals surface area (Å²) in [5, 5.41) is 8.73. The number of nitrogens with zero attached hydrogens (tertiary/aromatic N) is 2. The standard InChI is InChI=1S/C38H60N6O7/c1-35(2,3)25(20-43-26(45)17-37(7,8)18-27(43)46)41-34(51)42-30(36(4,5)6)33(50)44-19-23-22(12-13-38(23)14-15-38)28(44)32(49)40-24(29(47)31(39)48)16-21-10-9-11-21/h21-25,28,30H,9-20H2,1-8H3,(H2,39,48)(H,40,49)(H2,41,42,51)/t22-,23-,24?,25+,28-,30+/m0/s1. The van der Waals surface area contributed by atoms with Gasteiger partial charge in [-0.15, -0.1) is 0 Å². The van der Waals surface area contributed by atoms with E-state index >= 15 is 0 Å². The fourth-order valence-corrected chi connectivity index (χ4v) is 8.90. The topological polar surface area (TPSA) is 188 Å². The highest BCUT2D eigenvalue weighted by Gasteiger charge is 2.64. The lowest BCUT2D eigenvalue weighted by molar-refractivity contribution is -0.153. The molecule has 5 rings (SSSR count). The van der Waals surface area contributed by atoms with Gasteiger partial charge in [-0.3, -0.25) is 33.7 Å². The first-order valence-electron chi connectivity index (χ1n) is 18.9. The van der Waals surface area contributed by atoms with Crippen LogP contribution >= 0.6 is 0 Å². The molecule has 5 N–H and O–H groups in total. The number of nitrogens with one attached hydrogen (secondary N) is 3. The first-order valence-corrected chi connectivity index (χ1v) is 18.9. The maximum atomic E-state index is 14.7. The van der Waals surface area contributed by atoms with E-state index in [1.807, 2.05) is 55.4 Å². The summed E-state index contributed by atoms with van der Waals surface area (Å²) in [5.74, 6) is -3.09. The molecule has 1 unspecified atom stereocenters. The Bertz CT molecular complexity index is 1430.